The van der Waals surface area contributed by atoms with E-state index in [4.69, 9.17) is 14.5 Å². The van der Waals surface area contributed by atoms with Crippen LogP contribution in [0.2, 0.25) is 0 Å². The molecule has 0 unspecified atom stereocenters. The third kappa shape index (κ3) is 6.27. The topological polar surface area (TPSA) is 147 Å². The molecule has 1 saturated carbocycles. The number of nitrogens with one attached hydrogen (secondary N) is 2. The number of hydrogen-bond acceptors (Lipinski definition) is 7. The number of aliphatic carboxylic acids is 1. The highest BCUT2D eigenvalue weighted by molar-refractivity contribution is 5.96. The Labute approximate surface area is 267 Å². The number of ether oxygens (including phenoxy) is 2. The zero-order valence-corrected chi connectivity index (χ0v) is 25.7. The molecule has 4 bridgehead atoms. The first kappa shape index (κ1) is 31.1. The molecule has 5 atom stereocenters. The molecule has 3 aliphatic rings. The number of hydrogen-bond donors (Lipinski definition) is 3. The number of carboxylic acid groups (broad SMARTS) is 1. The number of carbonyl (C=O) groups excluding carboxylic acids is 3. The van der Waals surface area contributed by atoms with E-state index in [0.29, 0.717) is 12.2 Å². The van der Waals surface area contributed by atoms with Crippen molar-refractivity contribution in [1.29, 1.82) is 0 Å². The molecule has 1 saturated heterocycles. The van der Waals surface area contributed by atoms with Gasteiger partial charge in [0.15, 0.2) is 0 Å². The molecular formula is C35H38N4O7. The van der Waals surface area contributed by atoms with Gasteiger partial charge in [-0.15, -0.1) is 6.58 Å². The van der Waals surface area contributed by atoms with Gasteiger partial charge in [-0.2, -0.15) is 0 Å². The van der Waals surface area contributed by atoms with Crippen molar-refractivity contribution in [2.45, 2.75) is 69.2 Å². The second-order valence-corrected chi connectivity index (χ2v) is 12.3. The van der Waals surface area contributed by atoms with Gasteiger partial charge in [0.25, 0.3) is 0 Å². The van der Waals surface area contributed by atoms with Crippen molar-refractivity contribution in [1.82, 2.24) is 20.5 Å². The van der Waals surface area contributed by atoms with Crippen molar-refractivity contribution in [3.05, 3.63) is 72.8 Å². The first-order chi connectivity index (χ1) is 22.2. The molecule has 0 spiro atoms. The molecule has 240 valence electrons. The van der Waals surface area contributed by atoms with Gasteiger partial charge in [0, 0.05) is 29.4 Å². The molecule has 3 amide bonds. The van der Waals surface area contributed by atoms with Crippen molar-refractivity contribution in [3.8, 4) is 17.0 Å². The van der Waals surface area contributed by atoms with E-state index in [2.05, 4.69) is 29.3 Å². The summed E-state index contributed by atoms with van der Waals surface area (Å²) in [7, 11) is 0. The zero-order chi connectivity index (χ0) is 32.4. The number of benzene rings is 2. The Morgan fingerprint density at radius 1 is 1.13 bits per heavy atom. The monoisotopic (exact) mass is 626 g/mol. The molecule has 46 heavy (non-hydrogen) atoms. The summed E-state index contributed by atoms with van der Waals surface area (Å²) in [6, 6.07) is 15.7. The molecule has 2 aliphatic heterocycles. The molecule has 1 aliphatic carbocycles. The zero-order valence-electron chi connectivity index (χ0n) is 25.7. The maximum atomic E-state index is 13.7. The van der Waals surface area contributed by atoms with Gasteiger partial charge in [-0.05, 0) is 56.7 Å². The third-order valence-electron chi connectivity index (χ3n) is 9.12. The molecule has 2 fully saturated rings. The van der Waals surface area contributed by atoms with E-state index < -0.39 is 53.5 Å². The van der Waals surface area contributed by atoms with Crippen molar-refractivity contribution in [2.24, 2.45) is 5.92 Å². The third-order valence-corrected chi connectivity index (χ3v) is 9.12. The number of pyridine rings is 1. The lowest BCUT2D eigenvalue weighted by Crippen LogP contribution is -2.55. The fraction of sp³-hybridized carbons (Fsp3) is 0.400. The van der Waals surface area contributed by atoms with E-state index in [1.54, 1.807) is 0 Å². The number of aryl methyl sites for hydroxylation is 1. The average Bonchev–Trinajstić information content (AvgIpc) is 3.62. The van der Waals surface area contributed by atoms with Crippen LogP contribution in [0.5, 0.6) is 5.75 Å². The molecule has 0 radical (unpaired) electrons. The molecule has 6 rings (SSSR count). The number of carboxylic acids is 1. The lowest BCUT2D eigenvalue weighted by molar-refractivity contribution is -0.145. The Morgan fingerprint density at radius 3 is 2.67 bits per heavy atom. The fourth-order valence-electron chi connectivity index (χ4n) is 6.43. The van der Waals surface area contributed by atoms with Gasteiger partial charge >= 0.3 is 12.1 Å². The minimum Gasteiger partial charge on any atom is -0.488 e. The van der Waals surface area contributed by atoms with E-state index >= 15 is 0 Å². The molecule has 1 aromatic heterocycles. The number of fused-ring (bicyclic) bond motifs is 3. The maximum Gasteiger partial charge on any atom is 0.407 e. The summed E-state index contributed by atoms with van der Waals surface area (Å²) >= 11 is 0. The van der Waals surface area contributed by atoms with Crippen LogP contribution in [0.1, 0.15) is 44.6 Å². The van der Waals surface area contributed by atoms with Crippen molar-refractivity contribution < 1.29 is 33.8 Å². The van der Waals surface area contributed by atoms with Crippen LogP contribution >= 0.6 is 0 Å². The number of cyclic esters (lactones) is 1. The second kappa shape index (κ2) is 12.8. The Hall–Kier alpha value is -4.93. The standard InChI is InChI=1S/C35H38N4O7/c1-3-24-19-35(24,33(42)43)38-31(40)29-17-25-20-39(29)32(41)21(2)36-34(44)45-15-9-5-6-10-22-13-14-27-26(16-22)30(46-25)18-28(37-27)23-11-7-4-8-12-23/h3-4,7-8,11-14,16,18,21,24-25,29H,1,5-6,9-10,15,17,19-20H2,2H3,(H,36,44)(H,38,40)(H,42,43)/t21-,24+,25-,29-,35+/m0/s1. The van der Waals surface area contributed by atoms with Crippen LogP contribution in [0.3, 0.4) is 0 Å². The molecule has 2 aromatic carbocycles. The van der Waals surface area contributed by atoms with E-state index in [1.807, 2.05) is 42.5 Å². The summed E-state index contributed by atoms with van der Waals surface area (Å²) in [5.74, 6) is -2.10. The number of nitrogens with zero attached hydrogens (tertiary/aromatic N) is 2. The Balaban J connectivity index is 1.37. The largest absolute Gasteiger partial charge is 0.488 e. The minimum absolute atomic E-state index is 0.0487. The lowest BCUT2D eigenvalue weighted by Gasteiger charge is -2.28. The number of carbonyl (C=O) groups is 4. The summed E-state index contributed by atoms with van der Waals surface area (Å²) in [5.41, 5.74) is 2.05. The van der Waals surface area contributed by atoms with Crippen LogP contribution in [0.15, 0.2) is 67.3 Å². The number of alkyl carbamates (subject to hydrolysis) is 1. The molecule has 3 heterocycles. The van der Waals surface area contributed by atoms with E-state index in [-0.39, 0.29) is 26.0 Å². The number of aromatic nitrogens is 1. The first-order valence-electron chi connectivity index (χ1n) is 15.8. The van der Waals surface area contributed by atoms with Crippen LogP contribution in [-0.2, 0) is 25.5 Å². The van der Waals surface area contributed by atoms with Gasteiger partial charge in [-0.1, -0.05) is 42.5 Å². The lowest BCUT2D eigenvalue weighted by atomic mass is 10.0. The molecule has 11 heteroatoms. The van der Waals surface area contributed by atoms with Gasteiger partial charge in [-0.3, -0.25) is 9.59 Å². The Bertz CT molecular complexity index is 1680. The highest BCUT2D eigenvalue weighted by Gasteiger charge is 2.61. The highest BCUT2D eigenvalue weighted by atomic mass is 16.5. The molecule has 3 N–H and O–H groups in total. The first-order valence-corrected chi connectivity index (χ1v) is 15.8. The van der Waals surface area contributed by atoms with Gasteiger partial charge in [0.2, 0.25) is 11.8 Å². The Kier molecular flexibility index (Phi) is 8.66. The Morgan fingerprint density at radius 2 is 1.93 bits per heavy atom. The van der Waals surface area contributed by atoms with Crippen LogP contribution < -0.4 is 15.4 Å². The van der Waals surface area contributed by atoms with E-state index in [0.717, 1.165) is 47.0 Å². The van der Waals surface area contributed by atoms with Gasteiger partial charge < -0.3 is 30.1 Å². The second-order valence-electron chi connectivity index (χ2n) is 12.3. The highest BCUT2D eigenvalue weighted by Crippen LogP contribution is 2.45. The van der Waals surface area contributed by atoms with Crippen molar-refractivity contribution >= 4 is 34.8 Å². The maximum absolute atomic E-state index is 13.7. The number of amides is 3. The van der Waals surface area contributed by atoms with Gasteiger partial charge in [0.1, 0.15) is 29.5 Å². The van der Waals surface area contributed by atoms with Gasteiger partial charge in [0.05, 0.1) is 24.4 Å². The minimum atomic E-state index is -1.46. The van der Waals surface area contributed by atoms with Crippen LogP contribution in [0.4, 0.5) is 4.79 Å². The molecule has 11 nitrogen and oxygen atoms in total. The van der Waals surface area contributed by atoms with Crippen molar-refractivity contribution in [2.75, 3.05) is 13.2 Å². The summed E-state index contributed by atoms with van der Waals surface area (Å²) in [5, 5.41) is 16.0. The normalized spacial score (nSPS) is 26.7. The predicted molar refractivity (Wildman–Crippen MR) is 170 cm³/mol. The SMILES string of the molecule is C=C[C@@H]1C[C@]1(NC(=O)[C@@H]1C[C@H]2CN1C(=O)[C@H](C)NC(=O)OCCCCCc1ccc3nc(-c4ccccc4)cc(c3c1)O2)C(=O)O. The van der Waals surface area contributed by atoms with E-state index in [1.165, 1.54) is 17.9 Å². The van der Waals surface area contributed by atoms with E-state index in [9.17, 15) is 24.3 Å². The van der Waals surface area contributed by atoms with Crippen molar-refractivity contribution in [3.63, 3.8) is 0 Å². The van der Waals surface area contributed by atoms with Crippen LogP contribution in [0, 0.1) is 5.92 Å². The van der Waals surface area contributed by atoms with Crippen LogP contribution in [0.25, 0.3) is 22.2 Å². The smallest absolute Gasteiger partial charge is 0.407 e. The summed E-state index contributed by atoms with van der Waals surface area (Å²) in [6.07, 6.45) is 3.78. The fourth-order valence-corrected chi connectivity index (χ4v) is 6.43. The molecular weight excluding hydrogens is 588 g/mol. The van der Waals surface area contributed by atoms with Gasteiger partial charge in [-0.25, -0.2) is 14.6 Å². The van der Waals surface area contributed by atoms with Crippen LogP contribution in [-0.4, -0.2) is 75.7 Å². The quantitative estimate of drug-likeness (QED) is 0.357. The predicted octanol–water partition coefficient (Wildman–Crippen LogP) is 4.24. The average molecular weight is 627 g/mol. The summed E-state index contributed by atoms with van der Waals surface area (Å²) in [6.45, 7) is 5.49. The number of rotatable bonds is 5. The summed E-state index contributed by atoms with van der Waals surface area (Å²) in [4.78, 5) is 58.4. The molecule has 3 aromatic rings. The summed E-state index contributed by atoms with van der Waals surface area (Å²) < 4.78 is 11.9.